The van der Waals surface area contributed by atoms with Crippen LogP contribution in [0, 0.1) is 0 Å². The lowest BCUT2D eigenvalue weighted by Crippen LogP contribution is -2.46. The molecule has 0 radical (unpaired) electrons. The molecule has 1 aromatic heterocycles. The minimum Gasteiger partial charge on any atom is -0.396 e. The molecule has 6 nitrogen and oxygen atoms in total. The van der Waals surface area contributed by atoms with E-state index >= 15 is 0 Å². The summed E-state index contributed by atoms with van der Waals surface area (Å²) in [5, 5.41) is 12.0. The molecule has 110 valence electrons. The molecule has 1 aromatic rings. The number of hydrogen-bond acceptors (Lipinski definition) is 4. The average Bonchev–Trinajstić information content (AvgIpc) is 3.06. The third-order valence-corrected chi connectivity index (χ3v) is 4.12. The quantitative estimate of drug-likeness (QED) is 0.723. The summed E-state index contributed by atoms with van der Waals surface area (Å²) in [5.41, 5.74) is 0.601. The number of nitrogens with zero attached hydrogens (tertiary/aromatic N) is 1. The topological polar surface area (TPSA) is 77.6 Å². The van der Waals surface area contributed by atoms with Gasteiger partial charge in [0.15, 0.2) is 0 Å². The molecule has 6 heteroatoms. The summed E-state index contributed by atoms with van der Waals surface area (Å²) in [5.74, 6) is -0.0485. The summed E-state index contributed by atoms with van der Waals surface area (Å²) < 4.78 is 5.74. The molecule has 2 aliphatic rings. The fourth-order valence-corrected chi connectivity index (χ4v) is 3.10. The standard InChI is InChI=1S/C14H21N3O3/c18-5-3-12-8-17-7-10(6-11(17)9-20-12)16-14(19)13-2-1-4-15-13/h1-2,4,10-12,15,18H,3,5-9H2,(H,16,19)/t10-,11+,12+/m1/s1. The van der Waals surface area contributed by atoms with Crippen molar-refractivity contribution in [3.05, 3.63) is 24.0 Å². The Hall–Kier alpha value is -1.37. The van der Waals surface area contributed by atoms with Gasteiger partial charge in [0, 0.05) is 38.0 Å². The van der Waals surface area contributed by atoms with Crippen LogP contribution in [0.15, 0.2) is 18.3 Å². The molecule has 3 rings (SSSR count). The highest BCUT2D eigenvalue weighted by Crippen LogP contribution is 2.24. The molecular weight excluding hydrogens is 258 g/mol. The van der Waals surface area contributed by atoms with E-state index in [1.807, 2.05) is 6.07 Å². The second-order valence-corrected chi connectivity index (χ2v) is 5.57. The van der Waals surface area contributed by atoms with E-state index in [1.54, 1.807) is 12.3 Å². The number of H-pyrrole nitrogens is 1. The van der Waals surface area contributed by atoms with Crippen molar-refractivity contribution < 1.29 is 14.6 Å². The highest BCUT2D eigenvalue weighted by molar-refractivity contribution is 5.92. The molecule has 2 aliphatic heterocycles. The van der Waals surface area contributed by atoms with E-state index in [-0.39, 0.29) is 24.7 Å². The second-order valence-electron chi connectivity index (χ2n) is 5.57. The van der Waals surface area contributed by atoms with Crippen LogP contribution in [-0.2, 0) is 4.74 Å². The van der Waals surface area contributed by atoms with E-state index in [9.17, 15) is 4.79 Å². The number of aliphatic hydroxyl groups is 1. The number of amides is 1. The Labute approximate surface area is 118 Å². The molecule has 0 bridgehead atoms. The zero-order chi connectivity index (χ0) is 13.9. The minimum absolute atomic E-state index is 0.0485. The first kappa shape index (κ1) is 13.6. The Morgan fingerprint density at radius 3 is 3.20 bits per heavy atom. The van der Waals surface area contributed by atoms with Gasteiger partial charge in [-0.05, 0) is 25.0 Å². The van der Waals surface area contributed by atoms with Crippen molar-refractivity contribution in [2.45, 2.75) is 31.0 Å². The number of morpholine rings is 1. The van der Waals surface area contributed by atoms with Gasteiger partial charge in [0.05, 0.1) is 12.7 Å². The number of fused-ring (bicyclic) bond motifs is 1. The van der Waals surface area contributed by atoms with Crippen LogP contribution in [-0.4, -0.2) is 65.4 Å². The fourth-order valence-electron chi connectivity index (χ4n) is 3.10. The zero-order valence-electron chi connectivity index (χ0n) is 11.4. The van der Waals surface area contributed by atoms with Crippen molar-refractivity contribution in [3.63, 3.8) is 0 Å². The van der Waals surface area contributed by atoms with Gasteiger partial charge in [-0.3, -0.25) is 9.69 Å². The Morgan fingerprint density at radius 1 is 1.55 bits per heavy atom. The van der Waals surface area contributed by atoms with Gasteiger partial charge in [-0.15, -0.1) is 0 Å². The maximum atomic E-state index is 12.0. The van der Waals surface area contributed by atoms with Gasteiger partial charge < -0.3 is 20.1 Å². The molecule has 0 unspecified atom stereocenters. The van der Waals surface area contributed by atoms with E-state index < -0.39 is 0 Å². The van der Waals surface area contributed by atoms with Crippen LogP contribution in [0.1, 0.15) is 23.3 Å². The predicted octanol–water partition coefficient (Wildman–Crippen LogP) is -0.0314. The van der Waals surface area contributed by atoms with E-state index in [4.69, 9.17) is 9.84 Å². The van der Waals surface area contributed by atoms with Crippen LogP contribution < -0.4 is 5.32 Å². The molecule has 3 atom stereocenters. The van der Waals surface area contributed by atoms with Crippen LogP contribution in [0.2, 0.25) is 0 Å². The zero-order valence-corrected chi connectivity index (χ0v) is 11.4. The summed E-state index contributed by atoms with van der Waals surface area (Å²) in [7, 11) is 0. The van der Waals surface area contributed by atoms with Gasteiger partial charge in [-0.25, -0.2) is 0 Å². The van der Waals surface area contributed by atoms with Crippen molar-refractivity contribution in [2.24, 2.45) is 0 Å². The first-order chi connectivity index (χ1) is 9.76. The monoisotopic (exact) mass is 279 g/mol. The average molecular weight is 279 g/mol. The second kappa shape index (κ2) is 5.95. The molecule has 2 saturated heterocycles. The molecule has 1 amide bonds. The van der Waals surface area contributed by atoms with Gasteiger partial charge in [0.2, 0.25) is 0 Å². The van der Waals surface area contributed by atoms with Gasteiger partial charge in [-0.1, -0.05) is 0 Å². The van der Waals surface area contributed by atoms with E-state index in [0.717, 1.165) is 19.5 Å². The van der Waals surface area contributed by atoms with Crippen molar-refractivity contribution in [2.75, 3.05) is 26.3 Å². The summed E-state index contributed by atoms with van der Waals surface area (Å²) in [4.78, 5) is 17.3. The molecule has 20 heavy (non-hydrogen) atoms. The first-order valence-corrected chi connectivity index (χ1v) is 7.17. The van der Waals surface area contributed by atoms with Crippen molar-refractivity contribution in [1.29, 1.82) is 0 Å². The molecule has 3 heterocycles. The summed E-state index contributed by atoms with van der Waals surface area (Å²) in [6.45, 7) is 2.57. The molecular formula is C14H21N3O3. The number of aliphatic hydroxyl groups excluding tert-OH is 1. The van der Waals surface area contributed by atoms with Crippen molar-refractivity contribution >= 4 is 5.91 Å². The molecule has 3 N–H and O–H groups in total. The number of nitrogens with one attached hydrogen (secondary N) is 2. The van der Waals surface area contributed by atoms with E-state index in [0.29, 0.717) is 24.8 Å². The Kier molecular flexibility index (Phi) is 4.05. The number of aromatic nitrogens is 1. The number of rotatable bonds is 4. The first-order valence-electron chi connectivity index (χ1n) is 7.17. The van der Waals surface area contributed by atoms with Crippen LogP contribution >= 0.6 is 0 Å². The van der Waals surface area contributed by atoms with Gasteiger partial charge in [-0.2, -0.15) is 0 Å². The maximum absolute atomic E-state index is 12.0. The normalized spacial score (nSPS) is 30.1. The van der Waals surface area contributed by atoms with Crippen LogP contribution in [0.5, 0.6) is 0 Å². The van der Waals surface area contributed by atoms with Gasteiger partial charge in [0.1, 0.15) is 5.69 Å². The minimum atomic E-state index is -0.0485. The SMILES string of the molecule is O=C(N[C@@H]1C[C@H]2CO[C@@H](CCO)CN2C1)c1ccc[nH]1. The molecule has 0 saturated carbocycles. The van der Waals surface area contributed by atoms with Gasteiger partial charge in [0.25, 0.3) is 5.91 Å². The fraction of sp³-hybridized carbons (Fsp3) is 0.643. The van der Waals surface area contributed by atoms with Gasteiger partial charge >= 0.3 is 0 Å². The van der Waals surface area contributed by atoms with Crippen LogP contribution in [0.25, 0.3) is 0 Å². The number of hydrogen-bond donors (Lipinski definition) is 3. The van der Waals surface area contributed by atoms with E-state index in [1.165, 1.54) is 0 Å². The largest absolute Gasteiger partial charge is 0.396 e. The van der Waals surface area contributed by atoms with Crippen molar-refractivity contribution in [1.82, 2.24) is 15.2 Å². The highest BCUT2D eigenvalue weighted by Gasteiger charge is 2.37. The summed E-state index contributed by atoms with van der Waals surface area (Å²) in [6.07, 6.45) is 3.48. The Balaban J connectivity index is 1.53. The highest BCUT2D eigenvalue weighted by atomic mass is 16.5. The van der Waals surface area contributed by atoms with Crippen molar-refractivity contribution in [3.8, 4) is 0 Å². The number of carbonyl (C=O) groups excluding carboxylic acids is 1. The molecule has 0 aromatic carbocycles. The maximum Gasteiger partial charge on any atom is 0.267 e. The summed E-state index contributed by atoms with van der Waals surface area (Å²) in [6, 6.07) is 4.16. The lowest BCUT2D eigenvalue weighted by Gasteiger charge is -2.34. The predicted molar refractivity (Wildman–Crippen MR) is 73.5 cm³/mol. The van der Waals surface area contributed by atoms with Crippen LogP contribution in [0.4, 0.5) is 0 Å². The number of aromatic amines is 1. The van der Waals surface area contributed by atoms with Crippen LogP contribution in [0.3, 0.4) is 0 Å². The smallest absolute Gasteiger partial charge is 0.267 e. The molecule has 2 fully saturated rings. The third-order valence-electron chi connectivity index (χ3n) is 4.12. The Morgan fingerprint density at radius 2 is 2.45 bits per heavy atom. The number of carbonyl (C=O) groups is 1. The van der Waals surface area contributed by atoms with E-state index in [2.05, 4.69) is 15.2 Å². The summed E-state index contributed by atoms with van der Waals surface area (Å²) >= 11 is 0. The molecule has 0 aliphatic carbocycles. The lowest BCUT2D eigenvalue weighted by molar-refractivity contribution is -0.0566. The number of ether oxygens (including phenoxy) is 1. The Bertz CT molecular complexity index is 449. The lowest BCUT2D eigenvalue weighted by atomic mass is 10.1. The third kappa shape index (κ3) is 2.87. The molecule has 0 spiro atoms.